The van der Waals surface area contributed by atoms with Gasteiger partial charge in [0.1, 0.15) is 0 Å². The third-order valence-corrected chi connectivity index (χ3v) is 4.14. The lowest BCUT2D eigenvalue weighted by Gasteiger charge is -2.14. The van der Waals surface area contributed by atoms with E-state index in [0.29, 0.717) is 6.42 Å². The number of rotatable bonds is 5. The zero-order valence-corrected chi connectivity index (χ0v) is 12.0. The molecule has 3 rings (SSSR count). The molecule has 1 heterocycles. The van der Waals surface area contributed by atoms with Gasteiger partial charge in [-0.3, -0.25) is 0 Å². The summed E-state index contributed by atoms with van der Waals surface area (Å²) in [6, 6.07) is 6.66. The fourth-order valence-corrected chi connectivity index (χ4v) is 3.12. The van der Waals surface area contributed by atoms with E-state index in [0.717, 1.165) is 18.7 Å². The van der Waals surface area contributed by atoms with Crippen LogP contribution in [0.2, 0.25) is 0 Å². The predicted molar refractivity (Wildman–Crippen MR) is 79.6 cm³/mol. The van der Waals surface area contributed by atoms with Crippen molar-refractivity contribution < 1.29 is 5.11 Å². The molecule has 0 saturated heterocycles. The van der Waals surface area contributed by atoms with Crippen molar-refractivity contribution in [3.63, 3.8) is 0 Å². The van der Waals surface area contributed by atoms with E-state index in [1.165, 1.54) is 36.0 Å². The van der Waals surface area contributed by atoms with Gasteiger partial charge in [-0.25, -0.2) is 4.98 Å². The first-order valence-electron chi connectivity index (χ1n) is 7.56. The SMILES string of the molecule is CCCn1cncc1C(O)Cc1ccc2c(c1)CCC2. The van der Waals surface area contributed by atoms with Crippen molar-refractivity contribution in [2.45, 2.75) is 51.7 Å². The Hall–Kier alpha value is -1.61. The summed E-state index contributed by atoms with van der Waals surface area (Å²) >= 11 is 0. The van der Waals surface area contributed by atoms with E-state index < -0.39 is 6.10 Å². The monoisotopic (exact) mass is 270 g/mol. The van der Waals surface area contributed by atoms with Gasteiger partial charge in [-0.2, -0.15) is 0 Å². The van der Waals surface area contributed by atoms with E-state index in [1.807, 2.05) is 6.33 Å². The smallest absolute Gasteiger partial charge is 0.0995 e. The Morgan fingerprint density at radius 1 is 1.30 bits per heavy atom. The van der Waals surface area contributed by atoms with Gasteiger partial charge in [0.25, 0.3) is 0 Å². The highest BCUT2D eigenvalue weighted by Gasteiger charge is 2.16. The topological polar surface area (TPSA) is 38.0 Å². The van der Waals surface area contributed by atoms with Gasteiger partial charge in [-0.05, 0) is 42.4 Å². The highest BCUT2D eigenvalue weighted by Crippen LogP contribution is 2.25. The molecule has 1 unspecified atom stereocenters. The lowest BCUT2D eigenvalue weighted by molar-refractivity contribution is 0.168. The molecule has 0 radical (unpaired) electrons. The first kappa shape index (κ1) is 13.4. The van der Waals surface area contributed by atoms with Crippen molar-refractivity contribution in [2.24, 2.45) is 0 Å². The van der Waals surface area contributed by atoms with Crippen molar-refractivity contribution in [1.29, 1.82) is 0 Å². The molecule has 1 atom stereocenters. The van der Waals surface area contributed by atoms with Gasteiger partial charge in [0.15, 0.2) is 0 Å². The molecule has 20 heavy (non-hydrogen) atoms. The minimum atomic E-state index is -0.469. The molecule has 1 aliphatic rings. The summed E-state index contributed by atoms with van der Waals surface area (Å²) in [5.41, 5.74) is 5.10. The van der Waals surface area contributed by atoms with Crippen LogP contribution in [-0.4, -0.2) is 14.7 Å². The summed E-state index contributed by atoms with van der Waals surface area (Å²) in [5.74, 6) is 0. The normalized spacial score (nSPS) is 15.3. The second kappa shape index (κ2) is 5.80. The van der Waals surface area contributed by atoms with Crippen LogP contribution in [-0.2, 0) is 25.8 Å². The van der Waals surface area contributed by atoms with E-state index in [4.69, 9.17) is 0 Å². The molecule has 1 aromatic heterocycles. The Labute approximate surface area is 120 Å². The lowest BCUT2D eigenvalue weighted by atomic mass is 10.0. The van der Waals surface area contributed by atoms with Crippen molar-refractivity contribution in [2.75, 3.05) is 0 Å². The Morgan fingerprint density at radius 2 is 2.15 bits per heavy atom. The fraction of sp³-hybridized carbons (Fsp3) is 0.471. The number of fused-ring (bicyclic) bond motifs is 1. The van der Waals surface area contributed by atoms with E-state index in [2.05, 4.69) is 34.7 Å². The maximum absolute atomic E-state index is 10.5. The molecule has 0 spiro atoms. The molecule has 0 aliphatic heterocycles. The van der Waals surface area contributed by atoms with Gasteiger partial charge in [0.05, 0.1) is 24.3 Å². The van der Waals surface area contributed by atoms with Crippen molar-refractivity contribution in [3.8, 4) is 0 Å². The maximum atomic E-state index is 10.5. The summed E-state index contributed by atoms with van der Waals surface area (Å²) in [5, 5.41) is 10.5. The number of aliphatic hydroxyl groups excluding tert-OH is 1. The average Bonchev–Trinajstić information content (AvgIpc) is 3.07. The van der Waals surface area contributed by atoms with Crippen molar-refractivity contribution >= 4 is 0 Å². The molecule has 106 valence electrons. The zero-order valence-electron chi connectivity index (χ0n) is 12.0. The molecule has 2 aromatic rings. The molecule has 0 saturated carbocycles. The Kier molecular flexibility index (Phi) is 3.88. The first-order chi connectivity index (χ1) is 9.78. The van der Waals surface area contributed by atoms with Crippen molar-refractivity contribution in [3.05, 3.63) is 53.1 Å². The number of aliphatic hydroxyl groups is 1. The quantitative estimate of drug-likeness (QED) is 0.906. The fourth-order valence-electron chi connectivity index (χ4n) is 3.12. The van der Waals surface area contributed by atoms with Gasteiger partial charge in [0.2, 0.25) is 0 Å². The highest BCUT2D eigenvalue weighted by atomic mass is 16.3. The Morgan fingerprint density at radius 3 is 3.00 bits per heavy atom. The largest absolute Gasteiger partial charge is 0.386 e. The van der Waals surface area contributed by atoms with E-state index >= 15 is 0 Å². The van der Waals surface area contributed by atoms with Crippen LogP contribution in [0.1, 0.15) is 48.3 Å². The molecule has 0 fully saturated rings. The van der Waals surface area contributed by atoms with Gasteiger partial charge in [-0.1, -0.05) is 25.1 Å². The summed E-state index contributed by atoms with van der Waals surface area (Å²) in [4.78, 5) is 4.16. The van der Waals surface area contributed by atoms with Crippen LogP contribution in [0.5, 0.6) is 0 Å². The van der Waals surface area contributed by atoms with Crippen molar-refractivity contribution in [1.82, 2.24) is 9.55 Å². The van der Waals surface area contributed by atoms with Crippen LogP contribution < -0.4 is 0 Å². The molecule has 1 aliphatic carbocycles. The van der Waals surface area contributed by atoms with Crippen LogP contribution in [0.4, 0.5) is 0 Å². The number of hydrogen-bond donors (Lipinski definition) is 1. The second-order valence-electron chi connectivity index (χ2n) is 5.69. The average molecular weight is 270 g/mol. The van der Waals surface area contributed by atoms with E-state index in [9.17, 15) is 5.11 Å². The van der Waals surface area contributed by atoms with E-state index in [1.54, 1.807) is 6.20 Å². The highest BCUT2D eigenvalue weighted by molar-refractivity contribution is 5.35. The Bertz CT molecular complexity index is 588. The van der Waals surface area contributed by atoms with Gasteiger partial charge >= 0.3 is 0 Å². The first-order valence-corrected chi connectivity index (χ1v) is 7.56. The van der Waals surface area contributed by atoms with Crippen LogP contribution in [0, 0.1) is 0 Å². The van der Waals surface area contributed by atoms with Gasteiger partial charge in [-0.15, -0.1) is 0 Å². The number of nitrogens with zero attached hydrogens (tertiary/aromatic N) is 2. The van der Waals surface area contributed by atoms with Gasteiger partial charge < -0.3 is 9.67 Å². The molecule has 3 nitrogen and oxygen atoms in total. The Balaban J connectivity index is 1.75. The molecule has 0 amide bonds. The minimum Gasteiger partial charge on any atom is -0.386 e. The molecule has 3 heteroatoms. The van der Waals surface area contributed by atoms with Crippen LogP contribution in [0.3, 0.4) is 0 Å². The summed E-state index contributed by atoms with van der Waals surface area (Å²) in [7, 11) is 0. The number of benzene rings is 1. The predicted octanol–water partition coefficient (Wildman–Crippen LogP) is 3.06. The molecular weight excluding hydrogens is 248 g/mol. The molecule has 1 N–H and O–H groups in total. The second-order valence-corrected chi connectivity index (χ2v) is 5.69. The number of imidazole rings is 1. The summed E-state index contributed by atoms with van der Waals surface area (Å²) < 4.78 is 2.05. The van der Waals surface area contributed by atoms with Crippen LogP contribution >= 0.6 is 0 Å². The third-order valence-electron chi connectivity index (χ3n) is 4.14. The molecular formula is C17H22N2O. The maximum Gasteiger partial charge on any atom is 0.0995 e. The number of hydrogen-bond acceptors (Lipinski definition) is 2. The standard InChI is InChI=1S/C17H22N2O/c1-2-8-19-12-18-11-16(19)17(20)10-13-6-7-14-4-3-5-15(14)9-13/h6-7,9,11-12,17,20H,2-5,8,10H2,1H3. The zero-order chi connectivity index (χ0) is 13.9. The molecule has 0 bridgehead atoms. The summed E-state index contributed by atoms with van der Waals surface area (Å²) in [6.07, 6.45) is 8.51. The van der Waals surface area contributed by atoms with Crippen LogP contribution in [0.15, 0.2) is 30.7 Å². The summed E-state index contributed by atoms with van der Waals surface area (Å²) in [6.45, 7) is 3.05. The lowest BCUT2D eigenvalue weighted by Crippen LogP contribution is -2.09. The third kappa shape index (κ3) is 2.63. The van der Waals surface area contributed by atoms with E-state index in [-0.39, 0.29) is 0 Å². The number of aromatic nitrogens is 2. The van der Waals surface area contributed by atoms with Gasteiger partial charge in [0, 0.05) is 13.0 Å². The minimum absolute atomic E-state index is 0.469. The van der Waals surface area contributed by atoms with Crippen LogP contribution in [0.25, 0.3) is 0 Å². The number of aryl methyl sites for hydroxylation is 3. The molecule has 1 aromatic carbocycles.